The maximum atomic E-state index is 14.8. The number of ether oxygens (including phenoxy) is 1. The molecule has 1 fully saturated rings. The maximum absolute atomic E-state index is 14.8. The first-order valence-electron chi connectivity index (χ1n) is 10.7. The van der Waals surface area contributed by atoms with Gasteiger partial charge >= 0.3 is 0 Å². The monoisotopic (exact) mass is 469 g/mol. The molecule has 0 spiro atoms. The SMILES string of the molecule is COc1ccc(C)c(F)c1-c1nccc(C(=O)Nc2cc(F)ccc2N2C[C@@H](N)C[C@H]2CO)n1. The van der Waals surface area contributed by atoms with Crippen LogP contribution in [0.2, 0.25) is 0 Å². The molecule has 2 aromatic carbocycles. The van der Waals surface area contributed by atoms with Gasteiger partial charge in [0.25, 0.3) is 5.91 Å². The molecule has 0 unspecified atom stereocenters. The highest BCUT2D eigenvalue weighted by molar-refractivity contribution is 6.05. The Morgan fingerprint density at radius 2 is 2.09 bits per heavy atom. The van der Waals surface area contributed by atoms with Gasteiger partial charge in [-0.3, -0.25) is 4.79 Å². The molecule has 0 bridgehead atoms. The van der Waals surface area contributed by atoms with E-state index in [-0.39, 0.29) is 47.2 Å². The van der Waals surface area contributed by atoms with E-state index in [4.69, 9.17) is 10.5 Å². The average molecular weight is 469 g/mol. The number of rotatable bonds is 6. The van der Waals surface area contributed by atoms with E-state index < -0.39 is 17.5 Å². The van der Waals surface area contributed by atoms with Gasteiger partial charge in [0.05, 0.1) is 36.7 Å². The molecule has 8 nitrogen and oxygen atoms in total. The topological polar surface area (TPSA) is 114 Å². The maximum Gasteiger partial charge on any atom is 0.274 e. The third kappa shape index (κ3) is 4.55. The van der Waals surface area contributed by atoms with Crippen LogP contribution in [0.15, 0.2) is 42.6 Å². The number of aliphatic hydroxyl groups is 1. The second-order valence-corrected chi connectivity index (χ2v) is 8.14. The number of aliphatic hydroxyl groups excluding tert-OH is 1. The van der Waals surface area contributed by atoms with Crippen LogP contribution in [0, 0.1) is 18.6 Å². The summed E-state index contributed by atoms with van der Waals surface area (Å²) in [5, 5.41) is 12.4. The standard InChI is InChI=1S/C24H25F2N5O3/c1-13-3-6-20(34-2)21(22(13)26)23-28-8-7-17(29-23)24(33)30-18-9-14(25)4-5-19(18)31-11-15(27)10-16(31)12-32/h3-9,15-16,32H,10-12,27H2,1-2H3,(H,30,33)/t15-,16-/m0/s1. The van der Waals surface area contributed by atoms with Gasteiger partial charge in [-0.1, -0.05) is 6.07 Å². The van der Waals surface area contributed by atoms with Crippen molar-refractivity contribution in [3.63, 3.8) is 0 Å². The molecule has 1 saturated heterocycles. The highest BCUT2D eigenvalue weighted by Gasteiger charge is 2.31. The Bertz CT molecular complexity index is 1220. The summed E-state index contributed by atoms with van der Waals surface area (Å²) in [7, 11) is 1.40. The van der Waals surface area contributed by atoms with E-state index in [1.807, 2.05) is 4.90 Å². The highest BCUT2D eigenvalue weighted by atomic mass is 19.1. The number of halogens is 2. The van der Waals surface area contributed by atoms with Gasteiger partial charge < -0.3 is 25.8 Å². The average Bonchev–Trinajstić information content (AvgIpc) is 3.21. The summed E-state index contributed by atoms with van der Waals surface area (Å²) in [5.74, 6) is -1.51. The van der Waals surface area contributed by atoms with Gasteiger partial charge in [-0.25, -0.2) is 18.7 Å². The molecule has 1 aliphatic heterocycles. The first-order chi connectivity index (χ1) is 16.3. The molecule has 1 aromatic heterocycles. The summed E-state index contributed by atoms with van der Waals surface area (Å²) in [6.45, 7) is 1.92. The lowest BCUT2D eigenvalue weighted by Crippen LogP contribution is -2.33. The van der Waals surface area contributed by atoms with Crippen LogP contribution in [-0.2, 0) is 0 Å². The quantitative estimate of drug-likeness (QED) is 0.509. The molecule has 1 amide bonds. The van der Waals surface area contributed by atoms with Crippen molar-refractivity contribution in [2.45, 2.75) is 25.4 Å². The van der Waals surface area contributed by atoms with Crippen molar-refractivity contribution in [2.75, 3.05) is 30.5 Å². The number of anilines is 2. The second kappa shape index (κ2) is 9.70. The second-order valence-electron chi connectivity index (χ2n) is 8.14. The summed E-state index contributed by atoms with van der Waals surface area (Å²) >= 11 is 0. The van der Waals surface area contributed by atoms with E-state index in [2.05, 4.69) is 15.3 Å². The molecule has 34 heavy (non-hydrogen) atoms. The summed E-state index contributed by atoms with van der Waals surface area (Å²) in [4.78, 5) is 23.2. The van der Waals surface area contributed by atoms with Crippen LogP contribution < -0.4 is 20.7 Å². The van der Waals surface area contributed by atoms with E-state index in [0.717, 1.165) is 0 Å². The number of carbonyl (C=O) groups is 1. The number of hydrogen-bond acceptors (Lipinski definition) is 7. The van der Waals surface area contributed by atoms with Crippen molar-refractivity contribution in [3.8, 4) is 17.1 Å². The molecule has 4 rings (SSSR count). The van der Waals surface area contributed by atoms with Crippen LogP contribution in [0.25, 0.3) is 11.4 Å². The predicted octanol–water partition coefficient (Wildman–Crippen LogP) is 2.89. The van der Waals surface area contributed by atoms with E-state index in [1.165, 1.54) is 37.6 Å². The van der Waals surface area contributed by atoms with E-state index in [0.29, 0.717) is 24.2 Å². The summed E-state index contributed by atoms with van der Waals surface area (Å²) in [5.41, 5.74) is 7.16. The molecule has 1 aliphatic rings. The van der Waals surface area contributed by atoms with Gasteiger partial charge in [0, 0.05) is 18.8 Å². The predicted molar refractivity (Wildman–Crippen MR) is 124 cm³/mol. The zero-order valence-corrected chi connectivity index (χ0v) is 18.8. The number of aryl methyl sites for hydroxylation is 1. The molecule has 0 radical (unpaired) electrons. The number of carbonyl (C=O) groups excluding carboxylic acids is 1. The molecule has 4 N–H and O–H groups in total. The van der Waals surface area contributed by atoms with E-state index in [1.54, 1.807) is 19.1 Å². The Balaban J connectivity index is 1.67. The normalized spacial score (nSPS) is 17.6. The van der Waals surface area contributed by atoms with Gasteiger partial charge in [0.15, 0.2) is 5.82 Å². The van der Waals surface area contributed by atoms with Gasteiger partial charge in [0.1, 0.15) is 23.1 Å². The van der Waals surface area contributed by atoms with Crippen LogP contribution in [0.3, 0.4) is 0 Å². The van der Waals surface area contributed by atoms with Crippen LogP contribution >= 0.6 is 0 Å². The Morgan fingerprint density at radius 1 is 1.29 bits per heavy atom. The van der Waals surface area contributed by atoms with Gasteiger partial charge in [-0.2, -0.15) is 0 Å². The number of nitrogens with two attached hydrogens (primary N) is 1. The summed E-state index contributed by atoms with van der Waals surface area (Å²) < 4.78 is 34.2. The van der Waals surface area contributed by atoms with E-state index in [9.17, 15) is 18.7 Å². The molecular weight excluding hydrogens is 444 g/mol. The van der Waals surface area contributed by atoms with Gasteiger partial charge in [0.2, 0.25) is 0 Å². The number of nitrogens with one attached hydrogen (secondary N) is 1. The molecule has 2 heterocycles. The number of aromatic nitrogens is 2. The Kier molecular flexibility index (Phi) is 6.71. The fourth-order valence-electron chi connectivity index (χ4n) is 4.11. The third-order valence-corrected chi connectivity index (χ3v) is 5.80. The van der Waals surface area contributed by atoms with Crippen LogP contribution in [-0.4, -0.2) is 53.3 Å². The van der Waals surface area contributed by atoms with Crippen molar-refractivity contribution < 1.29 is 23.4 Å². The lowest BCUT2D eigenvalue weighted by molar-refractivity contribution is 0.102. The fraction of sp³-hybridized carbons (Fsp3) is 0.292. The number of amides is 1. The molecule has 0 aliphatic carbocycles. The smallest absolute Gasteiger partial charge is 0.274 e. The zero-order valence-electron chi connectivity index (χ0n) is 18.8. The Labute approximate surface area is 195 Å². The largest absolute Gasteiger partial charge is 0.496 e. The molecular formula is C24H25F2N5O3. The molecule has 0 saturated carbocycles. The minimum absolute atomic E-state index is 0.0176. The van der Waals surface area contributed by atoms with Crippen molar-refractivity contribution in [2.24, 2.45) is 5.73 Å². The van der Waals surface area contributed by atoms with Crippen LogP contribution in [0.4, 0.5) is 20.2 Å². The summed E-state index contributed by atoms with van der Waals surface area (Å²) in [6.07, 6.45) is 1.91. The van der Waals surface area contributed by atoms with Gasteiger partial charge in [-0.15, -0.1) is 0 Å². The van der Waals surface area contributed by atoms with Crippen molar-refractivity contribution in [1.29, 1.82) is 0 Å². The van der Waals surface area contributed by atoms with Crippen LogP contribution in [0.1, 0.15) is 22.5 Å². The third-order valence-electron chi connectivity index (χ3n) is 5.80. The highest BCUT2D eigenvalue weighted by Crippen LogP contribution is 2.34. The Hall–Kier alpha value is -3.63. The molecule has 178 valence electrons. The van der Waals surface area contributed by atoms with E-state index >= 15 is 0 Å². The molecule has 3 aromatic rings. The van der Waals surface area contributed by atoms with Crippen molar-refractivity contribution in [1.82, 2.24) is 9.97 Å². The lowest BCUT2D eigenvalue weighted by atomic mass is 10.1. The fourth-order valence-corrected chi connectivity index (χ4v) is 4.11. The van der Waals surface area contributed by atoms with Crippen molar-refractivity contribution >= 4 is 17.3 Å². The minimum atomic E-state index is -0.633. The number of hydrogen-bond donors (Lipinski definition) is 3. The number of benzene rings is 2. The lowest BCUT2D eigenvalue weighted by Gasteiger charge is -2.27. The number of methoxy groups -OCH3 is 1. The number of nitrogens with zero attached hydrogens (tertiary/aromatic N) is 3. The molecule has 2 atom stereocenters. The first-order valence-corrected chi connectivity index (χ1v) is 10.7. The first kappa shape index (κ1) is 23.5. The zero-order chi connectivity index (χ0) is 24.4. The van der Waals surface area contributed by atoms with Gasteiger partial charge in [-0.05, 0) is 49.2 Å². The Morgan fingerprint density at radius 3 is 2.82 bits per heavy atom. The van der Waals surface area contributed by atoms with Crippen molar-refractivity contribution in [3.05, 3.63) is 65.5 Å². The van der Waals surface area contributed by atoms with Crippen LogP contribution in [0.5, 0.6) is 5.75 Å². The minimum Gasteiger partial charge on any atom is -0.496 e. The molecule has 10 heteroatoms. The summed E-state index contributed by atoms with van der Waals surface area (Å²) in [6, 6.07) is 8.14.